The van der Waals surface area contributed by atoms with Crippen molar-refractivity contribution < 1.29 is 5.11 Å². The van der Waals surface area contributed by atoms with Crippen LogP contribution in [0.5, 0.6) is 5.75 Å². The molecule has 0 spiro atoms. The fourth-order valence-electron chi connectivity index (χ4n) is 11.0. The third-order valence-corrected chi connectivity index (χ3v) is 15.4. The maximum Gasteiger partial charge on any atom is 0.149 e. The van der Waals surface area contributed by atoms with Gasteiger partial charge in [0.2, 0.25) is 0 Å². The third-order valence-electron chi connectivity index (χ3n) is 15.4. The predicted molar refractivity (Wildman–Crippen MR) is 301 cm³/mol. The molecular weight excluding hydrogens is 875 g/mol. The summed E-state index contributed by atoms with van der Waals surface area (Å²) in [4.78, 5) is 10.7. The molecule has 0 aliphatic heterocycles. The number of nitrogens with zero attached hydrogens (tertiary/aromatic N) is 3. The van der Waals surface area contributed by atoms with Crippen molar-refractivity contribution in [3.05, 3.63) is 228 Å². The molecule has 10 aromatic rings. The molecule has 0 atom stereocenters. The summed E-state index contributed by atoms with van der Waals surface area (Å²) in [5, 5.41) is 12.4. The average Bonchev–Trinajstić information content (AvgIpc) is 3.87. The minimum Gasteiger partial charge on any atom is -0.507 e. The number of phenolic OH excluding ortho intramolecular Hbond substituents is 1. The van der Waals surface area contributed by atoms with Gasteiger partial charge in [-0.15, -0.1) is 0 Å². The maximum absolute atomic E-state index is 12.4. The monoisotopic (exact) mass is 937 g/mol. The lowest BCUT2D eigenvalue weighted by atomic mass is 9.78. The first kappa shape index (κ1) is 46.6. The second kappa shape index (κ2) is 17.2. The van der Waals surface area contributed by atoms with Crippen LogP contribution in [-0.2, 0) is 21.7 Å². The number of fused-ring (bicyclic) bond motifs is 4. The van der Waals surface area contributed by atoms with E-state index in [1.54, 1.807) is 0 Å². The van der Waals surface area contributed by atoms with E-state index in [-0.39, 0.29) is 27.4 Å². The highest BCUT2D eigenvalue weighted by Gasteiger charge is 2.37. The highest BCUT2D eigenvalue weighted by atomic mass is 16.3. The van der Waals surface area contributed by atoms with Crippen molar-refractivity contribution >= 4 is 11.0 Å². The summed E-state index contributed by atoms with van der Waals surface area (Å²) in [6, 6.07) is 67.8. The number of benzene rings is 8. The molecule has 4 nitrogen and oxygen atoms in total. The molecule has 0 unspecified atom stereocenters. The number of rotatable bonds is 8. The van der Waals surface area contributed by atoms with E-state index in [1.807, 2.05) is 12.3 Å². The Kier molecular flexibility index (Phi) is 11.1. The van der Waals surface area contributed by atoms with E-state index in [2.05, 4.69) is 256 Å². The molecule has 2 heterocycles. The minimum atomic E-state index is -0.271. The minimum absolute atomic E-state index is 0.0813. The zero-order valence-electron chi connectivity index (χ0n) is 43.3. The van der Waals surface area contributed by atoms with Crippen LogP contribution < -0.4 is 0 Å². The van der Waals surface area contributed by atoms with E-state index >= 15 is 0 Å². The van der Waals surface area contributed by atoms with E-state index < -0.39 is 0 Å². The van der Waals surface area contributed by atoms with Gasteiger partial charge in [0.25, 0.3) is 0 Å². The SMILES string of the molecule is CC(C)(C)c1cc(-c2cc(-c3ccc(C(C)(C)c4ccccc4)cc3)ccn2)cc(-c2cccc3c2nc(-c2cc4c(cc2O)C(C)(C)c2ccccc2-4)n3-c2ccc(C(C)(C)C)cc2-c2ccccc2)c1. The highest BCUT2D eigenvalue weighted by Crippen LogP contribution is 2.52. The second-order valence-electron chi connectivity index (χ2n) is 22.9. The summed E-state index contributed by atoms with van der Waals surface area (Å²) < 4.78 is 2.28. The first-order valence-corrected chi connectivity index (χ1v) is 25.4. The van der Waals surface area contributed by atoms with Crippen LogP contribution in [0.15, 0.2) is 194 Å². The van der Waals surface area contributed by atoms with Gasteiger partial charge in [-0.05, 0) is 132 Å². The molecule has 1 N–H and O–H groups in total. The van der Waals surface area contributed by atoms with Gasteiger partial charge >= 0.3 is 0 Å². The number of aromatic hydroxyl groups is 1. The Hall–Kier alpha value is -7.82. The van der Waals surface area contributed by atoms with Gasteiger partial charge in [-0.1, -0.05) is 203 Å². The molecule has 1 aliphatic carbocycles. The Bertz CT molecular complexity index is 3690. The summed E-state index contributed by atoms with van der Waals surface area (Å²) >= 11 is 0. The van der Waals surface area contributed by atoms with Gasteiger partial charge in [-0.3, -0.25) is 9.55 Å². The number of aromatic nitrogens is 3. The quantitative estimate of drug-likeness (QED) is 0.165. The van der Waals surface area contributed by atoms with Crippen LogP contribution >= 0.6 is 0 Å². The van der Waals surface area contributed by atoms with Crippen molar-refractivity contribution in [2.45, 2.75) is 90.9 Å². The fraction of sp³-hybridized carbons (Fsp3) is 0.206. The Morgan fingerprint density at radius 1 is 0.431 bits per heavy atom. The lowest BCUT2D eigenvalue weighted by Crippen LogP contribution is -2.18. The van der Waals surface area contributed by atoms with Crippen molar-refractivity contribution in [2.75, 3.05) is 0 Å². The van der Waals surface area contributed by atoms with Crippen molar-refractivity contribution in [3.8, 4) is 78.6 Å². The molecule has 0 bridgehead atoms. The number of para-hydroxylation sites is 1. The fourth-order valence-corrected chi connectivity index (χ4v) is 11.0. The zero-order valence-corrected chi connectivity index (χ0v) is 43.3. The smallest absolute Gasteiger partial charge is 0.149 e. The topological polar surface area (TPSA) is 50.9 Å². The van der Waals surface area contributed by atoms with E-state index in [4.69, 9.17) is 9.97 Å². The van der Waals surface area contributed by atoms with Crippen LogP contribution in [0.25, 0.3) is 83.9 Å². The van der Waals surface area contributed by atoms with Gasteiger partial charge < -0.3 is 5.11 Å². The summed E-state index contributed by atoms with van der Waals surface area (Å²) in [6.07, 6.45) is 1.93. The standard InChI is InChI=1S/C68H63N3O/c1-65(2,3)50-32-33-60(54(40-50)44-20-13-11-14-21-44)71-61-27-19-25-52(63(61)70-64(71)56-41-55-53-24-17-18-26-57(53)68(9,10)58(55)42-62(56)72)46-36-47(38-51(37-46)66(4,5)6)59-39-45(34-35-69-59)43-28-30-49(31-29-43)67(7,8)48-22-15-12-16-23-48/h11-42,72H,1-10H3. The van der Waals surface area contributed by atoms with Crippen LogP contribution in [0, 0.1) is 0 Å². The van der Waals surface area contributed by atoms with Crippen LogP contribution in [0.2, 0.25) is 0 Å². The summed E-state index contributed by atoms with van der Waals surface area (Å²) in [5.41, 5.74) is 21.0. The normalized spacial score (nSPS) is 13.3. The Morgan fingerprint density at radius 2 is 1.07 bits per heavy atom. The number of phenols is 1. The van der Waals surface area contributed by atoms with Crippen molar-refractivity contribution in [3.63, 3.8) is 0 Å². The zero-order chi connectivity index (χ0) is 50.3. The summed E-state index contributed by atoms with van der Waals surface area (Å²) in [7, 11) is 0. The molecule has 72 heavy (non-hydrogen) atoms. The molecule has 1 aliphatic rings. The molecule has 356 valence electrons. The Labute approximate surface area is 425 Å². The number of imidazole rings is 1. The molecular formula is C68H63N3O. The molecule has 11 rings (SSSR count). The second-order valence-corrected chi connectivity index (χ2v) is 22.9. The van der Waals surface area contributed by atoms with E-state index in [1.165, 1.54) is 33.4 Å². The highest BCUT2D eigenvalue weighted by molar-refractivity contribution is 5.98. The van der Waals surface area contributed by atoms with Gasteiger partial charge in [0.05, 0.1) is 28.0 Å². The Morgan fingerprint density at radius 3 is 1.79 bits per heavy atom. The van der Waals surface area contributed by atoms with Crippen LogP contribution in [0.3, 0.4) is 0 Å². The molecule has 2 aromatic heterocycles. The van der Waals surface area contributed by atoms with Crippen molar-refractivity contribution in [2.24, 2.45) is 0 Å². The molecule has 0 radical (unpaired) electrons. The van der Waals surface area contributed by atoms with E-state index in [9.17, 15) is 5.11 Å². The predicted octanol–water partition coefficient (Wildman–Crippen LogP) is 17.7. The average molecular weight is 938 g/mol. The van der Waals surface area contributed by atoms with Gasteiger partial charge in [0.1, 0.15) is 11.6 Å². The maximum atomic E-state index is 12.4. The number of hydrogen-bond donors (Lipinski definition) is 1. The molecule has 0 fully saturated rings. The number of pyridine rings is 1. The summed E-state index contributed by atoms with van der Waals surface area (Å²) in [5.74, 6) is 0.887. The van der Waals surface area contributed by atoms with Gasteiger partial charge in [-0.25, -0.2) is 4.98 Å². The van der Waals surface area contributed by atoms with Crippen LogP contribution in [0.1, 0.15) is 103 Å². The molecule has 8 aromatic carbocycles. The first-order chi connectivity index (χ1) is 34.4. The lowest BCUT2D eigenvalue weighted by molar-refractivity contribution is 0.474. The number of hydrogen-bond acceptors (Lipinski definition) is 3. The summed E-state index contributed by atoms with van der Waals surface area (Å²) in [6.45, 7) is 22.7. The van der Waals surface area contributed by atoms with Crippen LogP contribution in [0.4, 0.5) is 0 Å². The largest absolute Gasteiger partial charge is 0.507 e. The van der Waals surface area contributed by atoms with Crippen molar-refractivity contribution in [1.29, 1.82) is 0 Å². The van der Waals surface area contributed by atoms with Crippen molar-refractivity contribution in [1.82, 2.24) is 14.5 Å². The van der Waals surface area contributed by atoms with E-state index in [0.29, 0.717) is 11.4 Å². The molecule has 0 saturated heterocycles. The van der Waals surface area contributed by atoms with Gasteiger partial charge in [-0.2, -0.15) is 0 Å². The molecule has 0 amide bonds. The lowest BCUT2D eigenvalue weighted by Gasteiger charge is -2.26. The first-order valence-electron chi connectivity index (χ1n) is 25.4. The Balaban J connectivity index is 1.11. The molecule has 4 heteroatoms. The third kappa shape index (κ3) is 8.04. The molecule has 0 saturated carbocycles. The van der Waals surface area contributed by atoms with Gasteiger partial charge in [0.15, 0.2) is 0 Å². The van der Waals surface area contributed by atoms with E-state index in [0.717, 1.165) is 72.5 Å². The van der Waals surface area contributed by atoms with Crippen LogP contribution in [-0.4, -0.2) is 19.6 Å². The van der Waals surface area contributed by atoms with Gasteiger partial charge in [0, 0.05) is 33.7 Å².